The van der Waals surface area contributed by atoms with Crippen molar-refractivity contribution in [2.24, 2.45) is 0 Å². The number of aromatic amines is 1. The van der Waals surface area contributed by atoms with Gasteiger partial charge in [0, 0.05) is 77.2 Å². The summed E-state index contributed by atoms with van der Waals surface area (Å²) in [5, 5.41) is 0. The Balaban J connectivity index is 0.00000642. The smallest absolute Gasteiger partial charge is 0.125 e. The summed E-state index contributed by atoms with van der Waals surface area (Å²) in [6, 6.07) is 10.9. The summed E-state index contributed by atoms with van der Waals surface area (Å²) in [5.74, 6) is 0. The largest absolute Gasteiger partial charge is 0.367 e. The van der Waals surface area contributed by atoms with Crippen molar-refractivity contribution in [3.8, 4) is 0 Å². The van der Waals surface area contributed by atoms with Crippen molar-refractivity contribution >= 4 is 46.4 Å². The van der Waals surface area contributed by atoms with Crippen LogP contribution in [0.4, 0.5) is 0 Å². The van der Waals surface area contributed by atoms with E-state index >= 15 is 0 Å². The maximum absolute atomic E-state index is 5.67. The number of nitrogens with zero attached hydrogens (tertiary/aromatic N) is 7. The van der Waals surface area contributed by atoms with Gasteiger partial charge in [0.1, 0.15) is 6.17 Å². The number of fused-ring (bicyclic) bond motifs is 8. The Labute approximate surface area is 423 Å². The zero-order valence-electron chi connectivity index (χ0n) is 41.6. The van der Waals surface area contributed by atoms with Gasteiger partial charge in [-0.2, -0.15) is 0 Å². The van der Waals surface area contributed by atoms with Gasteiger partial charge in [0.15, 0.2) is 0 Å². The number of hydrogen-bond donors (Lipinski definition) is 1. The van der Waals surface area contributed by atoms with Crippen LogP contribution in [0.2, 0.25) is 0 Å². The standard InChI is InChI=1S/C60H74N8.Mn/c1-5-9-17-35-64-38-21-13-25-52(64)57-51-34-33-49(63-51)44-48-30-29-46(61-48)43-47-31-32-50(62-47)45-55-58(53-26-14-22-39-65(53)36-18-10-6-2)59(54-27-15-23-40-66(54)37-19-11-7-3)60(57)68(55)56-28-16-24-42-67(56)41-20-12-8-4;/h13-16,21-34,38-40,42-45,52-54,56,61H,5-12,17-20,35-37,41H2,1-4H3;. The van der Waals surface area contributed by atoms with Crippen LogP contribution in [0.1, 0.15) is 169 Å². The van der Waals surface area contributed by atoms with Crippen molar-refractivity contribution in [1.29, 1.82) is 0 Å². The van der Waals surface area contributed by atoms with E-state index in [1.54, 1.807) is 0 Å². The van der Waals surface area contributed by atoms with Gasteiger partial charge in [-0.15, -0.1) is 0 Å². The molecule has 4 atom stereocenters. The van der Waals surface area contributed by atoms with Crippen molar-refractivity contribution in [1.82, 2.24) is 39.1 Å². The molecular weight excluding hydrogens is 888 g/mol. The minimum absolute atomic E-state index is 0. The predicted molar refractivity (Wildman–Crippen MR) is 288 cm³/mol. The molecule has 0 fully saturated rings. The molecule has 0 amide bonds. The monoisotopic (exact) mass is 962 g/mol. The molecule has 6 aliphatic heterocycles. The number of rotatable bonds is 20. The molecule has 6 aliphatic rings. The Morgan fingerprint density at radius 2 is 0.884 bits per heavy atom. The summed E-state index contributed by atoms with van der Waals surface area (Å²) < 4.78 is 2.74. The number of nitrogens with one attached hydrogen (secondary N) is 1. The molecule has 69 heavy (non-hydrogen) atoms. The van der Waals surface area contributed by atoms with Gasteiger partial charge in [0.25, 0.3) is 0 Å². The van der Waals surface area contributed by atoms with Crippen molar-refractivity contribution in [3.05, 3.63) is 168 Å². The molecule has 9 heterocycles. The Kier molecular flexibility index (Phi) is 17.4. The van der Waals surface area contributed by atoms with Gasteiger partial charge in [-0.05, 0) is 129 Å². The summed E-state index contributed by atoms with van der Waals surface area (Å²) >= 11 is 0. The van der Waals surface area contributed by atoms with Crippen LogP contribution >= 0.6 is 0 Å². The molecule has 3 aromatic rings. The van der Waals surface area contributed by atoms with Gasteiger partial charge in [-0.1, -0.05) is 122 Å². The van der Waals surface area contributed by atoms with Crippen molar-refractivity contribution in [2.45, 2.75) is 129 Å². The first-order valence-electron chi connectivity index (χ1n) is 26.2. The third kappa shape index (κ3) is 11.3. The van der Waals surface area contributed by atoms with Crippen LogP contribution in [0.5, 0.6) is 0 Å². The Morgan fingerprint density at radius 1 is 0.449 bits per heavy atom. The third-order valence-corrected chi connectivity index (χ3v) is 14.2. The van der Waals surface area contributed by atoms with E-state index < -0.39 is 0 Å². The molecule has 4 unspecified atom stereocenters. The molecule has 8 bridgehead atoms. The molecule has 0 aliphatic carbocycles. The topological polar surface area (TPSA) is 59.5 Å². The van der Waals surface area contributed by atoms with Crippen molar-refractivity contribution < 1.29 is 17.1 Å². The maximum Gasteiger partial charge on any atom is 0.125 e. The molecule has 3 aromatic heterocycles. The van der Waals surface area contributed by atoms with E-state index in [0.29, 0.717) is 0 Å². The van der Waals surface area contributed by atoms with Gasteiger partial charge in [0.2, 0.25) is 0 Å². The average molecular weight is 962 g/mol. The van der Waals surface area contributed by atoms with Crippen LogP contribution < -0.4 is 0 Å². The van der Waals surface area contributed by atoms with Gasteiger partial charge in [-0.3, -0.25) is 0 Å². The second-order valence-corrected chi connectivity index (χ2v) is 19.1. The van der Waals surface area contributed by atoms with Crippen LogP contribution in [0.25, 0.3) is 46.4 Å². The summed E-state index contributed by atoms with van der Waals surface area (Å²) in [7, 11) is 0. The summed E-state index contributed by atoms with van der Waals surface area (Å²) in [4.78, 5) is 25.1. The normalized spacial score (nSPS) is 20.0. The van der Waals surface area contributed by atoms with E-state index in [4.69, 9.17) is 9.97 Å². The summed E-state index contributed by atoms with van der Waals surface area (Å²) in [5.41, 5.74) is 12.3. The molecule has 9 rings (SSSR count). The third-order valence-electron chi connectivity index (χ3n) is 14.2. The number of H-pyrrole nitrogens is 1. The second-order valence-electron chi connectivity index (χ2n) is 19.1. The molecular formula is C60H74MnN8. The zero-order valence-corrected chi connectivity index (χ0v) is 42.7. The molecule has 1 radical (unpaired) electrons. The predicted octanol–water partition coefficient (Wildman–Crippen LogP) is 15.1. The molecule has 361 valence electrons. The number of unbranched alkanes of at least 4 members (excludes halogenated alkanes) is 8. The second kappa shape index (κ2) is 24.2. The molecule has 0 spiro atoms. The van der Waals surface area contributed by atoms with E-state index in [1.165, 1.54) is 79.1 Å². The number of aromatic nitrogens is 4. The molecule has 0 saturated carbocycles. The van der Waals surface area contributed by atoms with Crippen molar-refractivity contribution in [2.75, 3.05) is 26.2 Å². The van der Waals surface area contributed by atoms with E-state index in [0.717, 1.165) is 85.7 Å². The van der Waals surface area contributed by atoms with E-state index in [1.807, 2.05) is 0 Å². The molecule has 0 saturated heterocycles. The van der Waals surface area contributed by atoms with Gasteiger partial charge in [-0.25, -0.2) is 9.97 Å². The maximum atomic E-state index is 5.67. The van der Waals surface area contributed by atoms with Crippen LogP contribution in [-0.4, -0.2) is 65.3 Å². The van der Waals surface area contributed by atoms with Crippen molar-refractivity contribution in [3.63, 3.8) is 0 Å². The number of hydrogen-bond acceptors (Lipinski definition) is 6. The molecule has 1 N–H and O–H groups in total. The fourth-order valence-electron chi connectivity index (χ4n) is 10.8. The Bertz CT molecular complexity index is 2720. The first kappa shape index (κ1) is 49.7. The summed E-state index contributed by atoms with van der Waals surface area (Å²) in [6.07, 6.45) is 60.0. The minimum Gasteiger partial charge on any atom is -0.367 e. The minimum atomic E-state index is -0.109. The molecule has 8 nitrogen and oxygen atoms in total. The van der Waals surface area contributed by atoms with Gasteiger partial charge < -0.3 is 29.2 Å². The fraction of sp³-hybridized carbons (Fsp3) is 0.400. The first-order chi connectivity index (χ1) is 33.6. The molecule has 9 heteroatoms. The Hall–Kier alpha value is -5.76. The van der Waals surface area contributed by atoms with Crippen LogP contribution in [0.3, 0.4) is 0 Å². The van der Waals surface area contributed by atoms with E-state index in [9.17, 15) is 0 Å². The SMILES string of the molecule is CCCCCN1C=CC=CC1c1c(C2C=CC=CN2CCCCC)c2c(C3C=CC=CN3CCCCC)c3nc(cc4ccc(cc5nc(cc1n2C1C=CC=CN1CCCCC)C=C5)[nH]4)C=C3.[Mn]. The van der Waals surface area contributed by atoms with E-state index in [-0.39, 0.29) is 41.4 Å². The average Bonchev–Trinajstić information content (AvgIpc) is 4.18. The van der Waals surface area contributed by atoms with Crippen LogP contribution in [0, 0.1) is 0 Å². The van der Waals surface area contributed by atoms with E-state index in [2.05, 4.69) is 209 Å². The Morgan fingerprint density at radius 3 is 1.42 bits per heavy atom. The quantitative estimate of drug-likeness (QED) is 0.0620. The zero-order chi connectivity index (χ0) is 46.7. The van der Waals surface area contributed by atoms with Crippen LogP contribution in [-0.2, 0) is 17.1 Å². The van der Waals surface area contributed by atoms with Gasteiger partial charge in [0.05, 0.1) is 51.9 Å². The number of allylic oxidation sites excluding steroid dienone is 8. The first-order valence-corrected chi connectivity index (χ1v) is 26.2. The van der Waals surface area contributed by atoms with Crippen LogP contribution in [0.15, 0.2) is 128 Å². The fourth-order valence-corrected chi connectivity index (χ4v) is 10.8. The van der Waals surface area contributed by atoms with Gasteiger partial charge >= 0.3 is 0 Å². The molecule has 0 aromatic carbocycles. The summed E-state index contributed by atoms with van der Waals surface area (Å²) in [6.45, 7) is 13.1.